The Labute approximate surface area is 71.2 Å². The molecule has 64 valence electrons. The van der Waals surface area contributed by atoms with Crippen LogP contribution >= 0.6 is 0 Å². The van der Waals surface area contributed by atoms with Crippen molar-refractivity contribution >= 4 is 12.0 Å². The van der Waals surface area contributed by atoms with Crippen LogP contribution in [0, 0.1) is 0 Å². The molecule has 1 rings (SSSR count). The van der Waals surface area contributed by atoms with Crippen LogP contribution in [0.1, 0.15) is 6.92 Å². The van der Waals surface area contributed by atoms with Gasteiger partial charge in [0.15, 0.2) is 0 Å². The largest absolute Gasteiger partial charge is 0.301 e. The lowest BCUT2D eigenvalue weighted by Crippen LogP contribution is -2.30. The van der Waals surface area contributed by atoms with Crippen LogP contribution in [0.4, 0.5) is 5.69 Å². The van der Waals surface area contributed by atoms with Gasteiger partial charge in [-0.05, 0) is 19.1 Å². The highest BCUT2D eigenvalue weighted by Crippen LogP contribution is 2.12. The van der Waals surface area contributed by atoms with Crippen LogP contribution in [0.3, 0.4) is 0 Å². The number of carbonyl (C=O) groups is 1. The number of hydrogen-bond donors (Lipinski definition) is 1. The van der Waals surface area contributed by atoms with E-state index >= 15 is 0 Å². The van der Waals surface area contributed by atoms with Gasteiger partial charge in [-0.2, -0.15) is 0 Å². The van der Waals surface area contributed by atoms with Crippen LogP contribution in [-0.4, -0.2) is 17.5 Å². The quantitative estimate of drug-likeness (QED) is 0.544. The molecule has 0 spiro atoms. The lowest BCUT2D eigenvalue weighted by molar-refractivity contribution is -0.109. The Balaban J connectivity index is 2.78. The summed E-state index contributed by atoms with van der Waals surface area (Å²) in [7, 11) is 0. The molecule has 0 aliphatic rings. The molecule has 0 unspecified atom stereocenters. The predicted octanol–water partition coefficient (Wildman–Crippen LogP) is 1.47. The molecule has 0 fully saturated rings. The summed E-state index contributed by atoms with van der Waals surface area (Å²) in [5.41, 5.74) is 0.622. The summed E-state index contributed by atoms with van der Waals surface area (Å²) in [5.74, 6) is 0. The molecule has 3 heteroatoms. The van der Waals surface area contributed by atoms with E-state index in [9.17, 15) is 10.0 Å². The zero-order valence-electron chi connectivity index (χ0n) is 6.84. The van der Waals surface area contributed by atoms with E-state index in [4.69, 9.17) is 0 Å². The van der Waals surface area contributed by atoms with Crippen molar-refractivity contribution in [3.63, 3.8) is 0 Å². The molecule has 0 saturated carbocycles. The van der Waals surface area contributed by atoms with Crippen molar-refractivity contribution in [1.29, 1.82) is 0 Å². The lowest BCUT2D eigenvalue weighted by Gasteiger charge is -2.19. The average Bonchev–Trinajstić information content (AvgIpc) is 2.17. The molecule has 1 N–H and O–H groups in total. The van der Waals surface area contributed by atoms with E-state index in [0.29, 0.717) is 12.0 Å². The van der Waals surface area contributed by atoms with Crippen LogP contribution < -0.4 is 5.06 Å². The molecular weight excluding hydrogens is 154 g/mol. The van der Waals surface area contributed by atoms with E-state index in [-0.39, 0.29) is 0 Å². The van der Waals surface area contributed by atoms with E-state index in [1.165, 1.54) is 0 Å². The smallest absolute Gasteiger partial charge is 0.144 e. The van der Waals surface area contributed by atoms with Crippen LogP contribution in [0.15, 0.2) is 30.3 Å². The monoisotopic (exact) mass is 165 g/mol. The highest BCUT2D eigenvalue weighted by Gasteiger charge is 2.09. The maximum Gasteiger partial charge on any atom is 0.144 e. The average molecular weight is 165 g/mol. The standard InChI is InChI=1S/C9H11NO2/c1-8(7-11)10(12)9-5-3-2-4-6-9/h2-8,12H,1H3/t8-/m0/s1. The minimum Gasteiger partial charge on any atom is -0.301 e. The number of hydrogen-bond acceptors (Lipinski definition) is 3. The van der Waals surface area contributed by atoms with Crippen molar-refractivity contribution < 1.29 is 10.0 Å². The second-order valence-corrected chi connectivity index (χ2v) is 2.56. The van der Waals surface area contributed by atoms with E-state index in [2.05, 4.69) is 0 Å². The molecule has 0 heterocycles. The number of rotatable bonds is 3. The van der Waals surface area contributed by atoms with E-state index in [1.54, 1.807) is 31.2 Å². The molecule has 0 saturated heterocycles. The van der Waals surface area contributed by atoms with Crippen LogP contribution in [0.25, 0.3) is 0 Å². The molecule has 0 radical (unpaired) electrons. The van der Waals surface area contributed by atoms with Gasteiger partial charge in [-0.15, -0.1) is 0 Å². The molecule has 0 amide bonds. The zero-order valence-corrected chi connectivity index (χ0v) is 6.84. The maximum absolute atomic E-state index is 10.3. The number of hydroxylamine groups is 1. The van der Waals surface area contributed by atoms with Gasteiger partial charge in [-0.3, -0.25) is 5.21 Å². The first-order valence-electron chi connectivity index (χ1n) is 3.74. The summed E-state index contributed by atoms with van der Waals surface area (Å²) in [6.07, 6.45) is 0.688. The molecule has 12 heavy (non-hydrogen) atoms. The minimum absolute atomic E-state index is 0.507. The normalized spacial score (nSPS) is 12.2. The summed E-state index contributed by atoms with van der Waals surface area (Å²) >= 11 is 0. The summed E-state index contributed by atoms with van der Waals surface area (Å²) in [5, 5.41) is 10.3. The fraction of sp³-hybridized carbons (Fsp3) is 0.222. The van der Waals surface area contributed by atoms with E-state index in [0.717, 1.165) is 5.06 Å². The third kappa shape index (κ3) is 1.83. The summed E-state index contributed by atoms with van der Waals surface area (Å²) in [6, 6.07) is 8.42. The first-order chi connectivity index (χ1) is 5.75. The maximum atomic E-state index is 10.3. The van der Waals surface area contributed by atoms with Crippen molar-refractivity contribution in [1.82, 2.24) is 0 Å². The first kappa shape index (κ1) is 8.74. The molecule has 0 bridgehead atoms. The van der Waals surface area contributed by atoms with Gasteiger partial charge in [0.05, 0.1) is 5.69 Å². The summed E-state index contributed by atoms with van der Waals surface area (Å²) in [4.78, 5) is 10.3. The van der Waals surface area contributed by atoms with Gasteiger partial charge < -0.3 is 4.79 Å². The molecule has 1 atom stereocenters. The number of para-hydroxylation sites is 1. The molecular formula is C9H11NO2. The number of nitrogens with zero attached hydrogens (tertiary/aromatic N) is 1. The van der Waals surface area contributed by atoms with Crippen molar-refractivity contribution in [2.75, 3.05) is 5.06 Å². The zero-order chi connectivity index (χ0) is 8.97. The van der Waals surface area contributed by atoms with Crippen molar-refractivity contribution in [3.8, 4) is 0 Å². The number of aldehydes is 1. The molecule has 1 aromatic rings. The first-order valence-corrected chi connectivity index (χ1v) is 3.74. The third-order valence-electron chi connectivity index (χ3n) is 1.60. The highest BCUT2D eigenvalue weighted by atomic mass is 16.5. The van der Waals surface area contributed by atoms with E-state index < -0.39 is 6.04 Å². The summed E-state index contributed by atoms with van der Waals surface area (Å²) in [6.45, 7) is 1.62. The Hall–Kier alpha value is -1.35. The molecule has 0 aliphatic heterocycles. The van der Waals surface area contributed by atoms with Gasteiger partial charge in [-0.25, -0.2) is 5.06 Å². The second kappa shape index (κ2) is 3.88. The van der Waals surface area contributed by atoms with Crippen molar-refractivity contribution in [2.24, 2.45) is 0 Å². The van der Waals surface area contributed by atoms with Crippen LogP contribution in [-0.2, 0) is 4.79 Å². The third-order valence-corrected chi connectivity index (χ3v) is 1.60. The Kier molecular flexibility index (Phi) is 2.82. The highest BCUT2D eigenvalue weighted by molar-refractivity contribution is 5.63. The van der Waals surface area contributed by atoms with Crippen molar-refractivity contribution in [3.05, 3.63) is 30.3 Å². The predicted molar refractivity (Wildman–Crippen MR) is 46.2 cm³/mol. The van der Waals surface area contributed by atoms with Gasteiger partial charge in [-0.1, -0.05) is 18.2 Å². The molecule has 1 aromatic carbocycles. The van der Waals surface area contributed by atoms with E-state index in [1.807, 2.05) is 6.07 Å². The Morgan fingerprint density at radius 3 is 2.50 bits per heavy atom. The van der Waals surface area contributed by atoms with Crippen LogP contribution in [0.2, 0.25) is 0 Å². The Bertz CT molecular complexity index is 248. The second-order valence-electron chi connectivity index (χ2n) is 2.56. The SMILES string of the molecule is C[C@@H](C=O)N(O)c1ccccc1. The van der Waals surface area contributed by atoms with Gasteiger partial charge in [0, 0.05) is 0 Å². The Morgan fingerprint density at radius 2 is 2.00 bits per heavy atom. The number of anilines is 1. The minimum atomic E-state index is -0.507. The summed E-state index contributed by atoms with van der Waals surface area (Å²) < 4.78 is 0. The lowest BCUT2D eigenvalue weighted by atomic mass is 10.3. The fourth-order valence-electron chi connectivity index (χ4n) is 0.874. The number of benzene rings is 1. The molecule has 0 aliphatic carbocycles. The van der Waals surface area contributed by atoms with Crippen molar-refractivity contribution in [2.45, 2.75) is 13.0 Å². The van der Waals surface area contributed by atoms with Gasteiger partial charge in [0.25, 0.3) is 0 Å². The van der Waals surface area contributed by atoms with Gasteiger partial charge in [0.1, 0.15) is 12.3 Å². The van der Waals surface area contributed by atoms with Gasteiger partial charge in [0.2, 0.25) is 0 Å². The number of carbonyl (C=O) groups excluding carboxylic acids is 1. The topological polar surface area (TPSA) is 40.5 Å². The molecule has 3 nitrogen and oxygen atoms in total. The Morgan fingerprint density at radius 1 is 1.42 bits per heavy atom. The molecule has 0 aromatic heterocycles. The van der Waals surface area contributed by atoms with Crippen LogP contribution in [0.5, 0.6) is 0 Å². The fourth-order valence-corrected chi connectivity index (χ4v) is 0.874. The van der Waals surface area contributed by atoms with Gasteiger partial charge >= 0.3 is 0 Å².